The highest BCUT2D eigenvalue weighted by atomic mass is 16.4. The van der Waals surface area contributed by atoms with Crippen LogP contribution in [0.4, 0.5) is 0 Å². The largest absolute Gasteiger partial charge is 0.480 e. The first kappa shape index (κ1) is 19.0. The molecule has 0 aliphatic heterocycles. The second kappa shape index (κ2) is 12.1. The summed E-state index contributed by atoms with van der Waals surface area (Å²) >= 11 is 0. The number of carboxylic acids is 1. The smallest absolute Gasteiger partial charge is 0.321 e. The maximum atomic E-state index is 10.7. The van der Waals surface area contributed by atoms with Crippen LogP contribution in [0.15, 0.2) is 24.3 Å². The van der Waals surface area contributed by atoms with Crippen molar-refractivity contribution in [2.75, 3.05) is 7.05 Å². The SMILES string of the molecule is CC.CC.CNC(Cc1ccc(C)cc1)C(=O)O. The predicted molar refractivity (Wildman–Crippen MR) is 78.1 cm³/mol. The number of aryl methyl sites for hydroxylation is 1. The Bertz CT molecular complexity index is 307. The lowest BCUT2D eigenvalue weighted by Gasteiger charge is -2.10. The Morgan fingerprint density at radius 2 is 1.61 bits per heavy atom. The van der Waals surface area contributed by atoms with Crippen LogP contribution in [0, 0.1) is 6.92 Å². The standard InChI is InChI=1S/C11H15NO2.2C2H6/c1-8-3-5-9(6-4-8)7-10(12-2)11(13)14;2*1-2/h3-6,10,12H,7H2,1-2H3,(H,13,14);2*1-2H3. The molecule has 0 radical (unpaired) electrons. The molecule has 0 saturated heterocycles. The van der Waals surface area contributed by atoms with E-state index in [1.165, 1.54) is 5.56 Å². The molecule has 0 heterocycles. The molecular formula is C15H27NO2. The molecule has 0 spiro atoms. The van der Waals surface area contributed by atoms with Crippen LogP contribution in [0.3, 0.4) is 0 Å². The van der Waals surface area contributed by atoms with Gasteiger partial charge in [-0.25, -0.2) is 0 Å². The number of hydrogen-bond acceptors (Lipinski definition) is 2. The Kier molecular flexibility index (Phi) is 12.8. The molecule has 0 amide bonds. The van der Waals surface area contributed by atoms with Gasteiger partial charge < -0.3 is 10.4 Å². The Labute approximate surface area is 111 Å². The fourth-order valence-corrected chi connectivity index (χ4v) is 1.27. The normalized spacial score (nSPS) is 10.3. The third-order valence-corrected chi connectivity index (χ3v) is 2.21. The summed E-state index contributed by atoms with van der Waals surface area (Å²) in [5, 5.41) is 11.6. The summed E-state index contributed by atoms with van der Waals surface area (Å²) in [6.45, 7) is 10.0. The van der Waals surface area contributed by atoms with E-state index in [1.807, 2.05) is 58.9 Å². The van der Waals surface area contributed by atoms with Crippen LogP contribution in [-0.4, -0.2) is 24.2 Å². The molecule has 3 heteroatoms. The number of carbonyl (C=O) groups is 1. The van der Waals surface area contributed by atoms with Crippen molar-refractivity contribution in [3.63, 3.8) is 0 Å². The number of benzene rings is 1. The van der Waals surface area contributed by atoms with Crippen molar-refractivity contribution in [1.29, 1.82) is 0 Å². The lowest BCUT2D eigenvalue weighted by Crippen LogP contribution is -2.35. The fourth-order valence-electron chi connectivity index (χ4n) is 1.27. The van der Waals surface area contributed by atoms with Crippen molar-refractivity contribution < 1.29 is 9.90 Å². The third kappa shape index (κ3) is 7.85. The summed E-state index contributed by atoms with van der Waals surface area (Å²) in [4.78, 5) is 10.7. The molecule has 0 aliphatic rings. The zero-order valence-corrected chi connectivity index (χ0v) is 12.4. The van der Waals surface area contributed by atoms with E-state index in [0.29, 0.717) is 6.42 Å². The zero-order valence-electron chi connectivity index (χ0n) is 12.4. The van der Waals surface area contributed by atoms with Gasteiger partial charge in [-0.1, -0.05) is 57.5 Å². The van der Waals surface area contributed by atoms with Crippen LogP contribution >= 0.6 is 0 Å². The van der Waals surface area contributed by atoms with Gasteiger partial charge in [-0.15, -0.1) is 0 Å². The molecule has 2 N–H and O–H groups in total. The minimum atomic E-state index is -0.812. The molecule has 0 aliphatic carbocycles. The van der Waals surface area contributed by atoms with Crippen molar-refractivity contribution in [3.8, 4) is 0 Å². The second-order valence-corrected chi connectivity index (χ2v) is 3.37. The monoisotopic (exact) mass is 253 g/mol. The fraction of sp³-hybridized carbons (Fsp3) is 0.533. The van der Waals surface area contributed by atoms with Crippen molar-refractivity contribution in [2.45, 2.75) is 47.1 Å². The summed E-state index contributed by atoms with van der Waals surface area (Å²) in [7, 11) is 1.66. The Morgan fingerprint density at radius 1 is 1.17 bits per heavy atom. The van der Waals surface area contributed by atoms with E-state index >= 15 is 0 Å². The lowest BCUT2D eigenvalue weighted by atomic mass is 10.0. The van der Waals surface area contributed by atoms with Gasteiger partial charge in [-0.2, -0.15) is 0 Å². The van der Waals surface area contributed by atoms with Gasteiger partial charge in [0.1, 0.15) is 6.04 Å². The van der Waals surface area contributed by atoms with Gasteiger partial charge in [0.25, 0.3) is 0 Å². The number of aliphatic carboxylic acids is 1. The summed E-state index contributed by atoms with van der Waals surface area (Å²) in [5.74, 6) is -0.812. The van der Waals surface area contributed by atoms with Gasteiger partial charge in [0, 0.05) is 0 Å². The first-order chi connectivity index (χ1) is 8.63. The number of rotatable bonds is 4. The molecule has 1 atom stereocenters. The highest BCUT2D eigenvalue weighted by molar-refractivity contribution is 5.73. The van der Waals surface area contributed by atoms with Gasteiger partial charge in [0.15, 0.2) is 0 Å². The topological polar surface area (TPSA) is 49.3 Å². The van der Waals surface area contributed by atoms with E-state index in [-0.39, 0.29) is 0 Å². The first-order valence-electron chi connectivity index (χ1n) is 6.59. The molecule has 18 heavy (non-hydrogen) atoms. The molecule has 3 nitrogen and oxygen atoms in total. The van der Waals surface area contributed by atoms with Crippen LogP contribution in [0.25, 0.3) is 0 Å². The number of nitrogens with one attached hydrogen (secondary N) is 1. The molecular weight excluding hydrogens is 226 g/mol. The van der Waals surface area contributed by atoms with Gasteiger partial charge in [-0.3, -0.25) is 4.79 Å². The van der Waals surface area contributed by atoms with Crippen LogP contribution in [0.5, 0.6) is 0 Å². The molecule has 1 aromatic rings. The molecule has 0 aromatic heterocycles. The van der Waals surface area contributed by atoms with Crippen LogP contribution in [0.1, 0.15) is 38.8 Å². The highest BCUT2D eigenvalue weighted by Crippen LogP contribution is 2.06. The third-order valence-electron chi connectivity index (χ3n) is 2.21. The average Bonchev–Trinajstić information content (AvgIpc) is 2.42. The first-order valence-corrected chi connectivity index (χ1v) is 6.59. The summed E-state index contributed by atoms with van der Waals surface area (Å²) < 4.78 is 0. The number of likely N-dealkylation sites (N-methyl/N-ethyl adjacent to an activating group) is 1. The molecule has 104 valence electrons. The Hall–Kier alpha value is -1.35. The summed E-state index contributed by atoms with van der Waals surface area (Å²) in [5.41, 5.74) is 2.22. The Morgan fingerprint density at radius 3 is 1.94 bits per heavy atom. The molecule has 0 fully saturated rings. The van der Waals surface area contributed by atoms with Gasteiger partial charge in [0.2, 0.25) is 0 Å². The van der Waals surface area contributed by atoms with E-state index in [0.717, 1.165) is 5.56 Å². The predicted octanol–water partition coefficient (Wildman–Crippen LogP) is 3.26. The van der Waals surface area contributed by atoms with Crippen molar-refractivity contribution in [1.82, 2.24) is 5.32 Å². The maximum Gasteiger partial charge on any atom is 0.321 e. The summed E-state index contributed by atoms with van der Waals surface area (Å²) in [6, 6.07) is 7.40. The zero-order chi connectivity index (χ0) is 14.6. The Balaban J connectivity index is 0. The van der Waals surface area contributed by atoms with E-state index < -0.39 is 12.0 Å². The van der Waals surface area contributed by atoms with Crippen molar-refractivity contribution in [2.24, 2.45) is 0 Å². The summed E-state index contributed by atoms with van der Waals surface area (Å²) in [6.07, 6.45) is 0.520. The van der Waals surface area contributed by atoms with E-state index in [2.05, 4.69) is 5.32 Å². The van der Waals surface area contributed by atoms with Crippen LogP contribution in [0.2, 0.25) is 0 Å². The van der Waals surface area contributed by atoms with Gasteiger partial charge in [-0.05, 0) is 26.0 Å². The van der Waals surface area contributed by atoms with Gasteiger partial charge in [0.05, 0.1) is 0 Å². The average molecular weight is 253 g/mol. The van der Waals surface area contributed by atoms with Crippen molar-refractivity contribution >= 4 is 5.97 Å². The number of hydrogen-bond donors (Lipinski definition) is 2. The van der Waals surface area contributed by atoms with E-state index in [9.17, 15) is 4.79 Å². The molecule has 1 aromatic carbocycles. The van der Waals surface area contributed by atoms with Gasteiger partial charge >= 0.3 is 5.97 Å². The molecule has 0 saturated carbocycles. The minimum absolute atomic E-state index is 0.502. The van der Waals surface area contributed by atoms with Crippen molar-refractivity contribution in [3.05, 3.63) is 35.4 Å². The second-order valence-electron chi connectivity index (χ2n) is 3.37. The van der Waals surface area contributed by atoms with E-state index in [1.54, 1.807) is 7.05 Å². The maximum absolute atomic E-state index is 10.7. The quantitative estimate of drug-likeness (QED) is 0.866. The molecule has 1 unspecified atom stereocenters. The molecule has 0 bridgehead atoms. The molecule has 1 rings (SSSR count). The van der Waals surface area contributed by atoms with Crippen LogP contribution < -0.4 is 5.32 Å². The van der Waals surface area contributed by atoms with Crippen LogP contribution in [-0.2, 0) is 11.2 Å². The van der Waals surface area contributed by atoms with E-state index in [4.69, 9.17) is 5.11 Å². The number of carboxylic acid groups (broad SMARTS) is 1. The minimum Gasteiger partial charge on any atom is -0.480 e. The highest BCUT2D eigenvalue weighted by Gasteiger charge is 2.14. The lowest BCUT2D eigenvalue weighted by molar-refractivity contribution is -0.139.